The molecule has 0 heterocycles. The first-order valence-electron chi connectivity index (χ1n) is 10.1. The van der Waals surface area contributed by atoms with E-state index in [1.807, 2.05) is 0 Å². The summed E-state index contributed by atoms with van der Waals surface area (Å²) in [5.74, 6) is 0. The maximum Gasteiger partial charge on any atom is -1.00 e. The number of halogens is 2. The van der Waals surface area contributed by atoms with Gasteiger partial charge in [0.2, 0.25) is 0 Å². The van der Waals surface area contributed by atoms with E-state index in [1.54, 1.807) is 0 Å². The largest absolute Gasteiger partial charge is 1.00 e. The Morgan fingerprint density at radius 2 is 0.875 bits per heavy atom. The summed E-state index contributed by atoms with van der Waals surface area (Å²) in [6, 6.07) is 34.9. The van der Waals surface area contributed by atoms with Crippen LogP contribution in [0, 0.1) is 13.8 Å². The van der Waals surface area contributed by atoms with Crippen molar-refractivity contribution >= 4 is 47.4 Å². The summed E-state index contributed by atoms with van der Waals surface area (Å²) < 4.78 is 3.39. The molecule has 6 aromatic rings. The van der Waals surface area contributed by atoms with E-state index in [9.17, 15) is 0 Å². The molecule has 0 fully saturated rings. The molecule has 0 unspecified atom stereocenters. The van der Waals surface area contributed by atoms with Crippen LogP contribution in [0.5, 0.6) is 0 Å². The Kier molecular flexibility index (Phi) is 9.58. The van der Waals surface area contributed by atoms with Crippen LogP contribution in [-0.2, 0) is 23.9 Å². The van der Waals surface area contributed by atoms with Gasteiger partial charge < -0.3 is 24.8 Å². The van der Waals surface area contributed by atoms with E-state index in [4.69, 9.17) is 0 Å². The number of fused-ring (bicyclic) bond motifs is 6. The average Bonchev–Trinajstić information content (AvgIpc) is 3.37. The molecule has 0 saturated carbocycles. The first-order chi connectivity index (χ1) is 14.7. The van der Waals surface area contributed by atoms with E-state index in [0.29, 0.717) is 0 Å². The number of aryl methyl sites for hydroxylation is 2. The minimum atomic E-state index is 0. The van der Waals surface area contributed by atoms with Crippen molar-refractivity contribution in [1.29, 1.82) is 0 Å². The minimum Gasteiger partial charge on any atom is -1.00 e. The molecule has 32 heavy (non-hydrogen) atoms. The van der Waals surface area contributed by atoms with Gasteiger partial charge in [-0.25, -0.2) is 0 Å². The first kappa shape index (κ1) is 26.2. The second-order valence-electron chi connectivity index (χ2n) is 7.64. The van der Waals surface area contributed by atoms with Crippen molar-refractivity contribution in [1.82, 2.24) is 0 Å². The quantitative estimate of drug-likeness (QED) is 0.180. The van der Waals surface area contributed by atoms with Gasteiger partial charge in [0.05, 0.1) is 0 Å². The monoisotopic (exact) mass is 622 g/mol. The third-order valence-corrected chi connectivity index (χ3v) is 5.52. The summed E-state index contributed by atoms with van der Waals surface area (Å²) in [6.45, 7) is 4.30. The Morgan fingerprint density at radius 1 is 0.531 bits per heavy atom. The van der Waals surface area contributed by atoms with Gasteiger partial charge >= 0.3 is 28.2 Å². The summed E-state index contributed by atoms with van der Waals surface area (Å²) in [7, 11) is 0. The van der Waals surface area contributed by atoms with Gasteiger partial charge in [0.15, 0.2) is 0 Å². The van der Waals surface area contributed by atoms with Crippen molar-refractivity contribution < 1.29 is 48.7 Å². The Balaban J connectivity index is 0.000000199. The number of benzene rings is 4. The molecule has 0 aliphatic rings. The average molecular weight is 622 g/mol. The molecular weight excluding hydrogens is 598 g/mol. The molecule has 6 aromatic carbocycles. The smallest absolute Gasteiger partial charge is 1.00 e. The predicted molar refractivity (Wildman–Crippen MR) is 131 cm³/mol. The van der Waals surface area contributed by atoms with Crippen LogP contribution in [0.15, 0.2) is 97.1 Å². The molecule has 6 rings (SSSR count). The summed E-state index contributed by atoms with van der Waals surface area (Å²) in [4.78, 5) is 0. The van der Waals surface area contributed by atoms with Crippen LogP contribution in [-0.4, -0.2) is 4.26 Å². The number of hydrogen-bond donors (Lipinski definition) is 0. The Hall–Kier alpha value is -2.06. The van der Waals surface area contributed by atoms with Gasteiger partial charge in [0.25, 0.3) is 0 Å². The second-order valence-corrected chi connectivity index (χ2v) is 7.64. The fraction of sp³-hybridized carbons (Fsp3) is 0.0690. The van der Waals surface area contributed by atoms with Crippen LogP contribution in [0.4, 0.5) is 0 Å². The van der Waals surface area contributed by atoms with Crippen LogP contribution in [0.3, 0.4) is 0 Å². The summed E-state index contributed by atoms with van der Waals surface area (Å²) in [6.07, 6.45) is 0. The van der Waals surface area contributed by atoms with E-state index in [0.717, 1.165) is 23.9 Å². The van der Waals surface area contributed by atoms with Crippen molar-refractivity contribution in [2.75, 3.05) is 0 Å². The molecule has 0 bridgehead atoms. The van der Waals surface area contributed by atoms with Crippen LogP contribution in [0.1, 0.15) is 11.1 Å². The van der Waals surface area contributed by atoms with Gasteiger partial charge in [-0.1, -0.05) is 96.1 Å². The Labute approximate surface area is 216 Å². The van der Waals surface area contributed by atoms with Crippen molar-refractivity contribution in [3.8, 4) is 0 Å². The fourth-order valence-electron chi connectivity index (χ4n) is 4.23. The van der Waals surface area contributed by atoms with Gasteiger partial charge in [-0.05, 0) is 0 Å². The van der Waals surface area contributed by atoms with Crippen LogP contribution >= 0.6 is 0 Å². The van der Waals surface area contributed by atoms with E-state index in [1.165, 1.54) is 54.2 Å². The van der Waals surface area contributed by atoms with E-state index in [2.05, 4.69) is 115 Å². The number of hydrogen-bond acceptors (Lipinski definition) is 0. The molecule has 0 spiro atoms. The van der Waals surface area contributed by atoms with Gasteiger partial charge in [-0.15, -0.1) is 56.9 Å². The van der Waals surface area contributed by atoms with E-state index < -0.39 is 0 Å². The van der Waals surface area contributed by atoms with E-state index in [-0.39, 0.29) is 24.8 Å². The normalized spacial score (nSPS) is 10.0. The molecule has 0 aromatic heterocycles. The van der Waals surface area contributed by atoms with Crippen molar-refractivity contribution in [3.63, 3.8) is 0 Å². The molecular formula is C29H24Cl2Hf-2. The first-order valence-corrected chi connectivity index (χ1v) is 12.7. The minimum absolute atomic E-state index is 0. The fourth-order valence-corrected chi connectivity index (χ4v) is 4.23. The zero-order chi connectivity index (χ0) is 21.1. The summed E-state index contributed by atoms with van der Waals surface area (Å²) in [5, 5.41) is 10.8. The maximum atomic E-state index is 3.39. The molecule has 3 heteroatoms. The van der Waals surface area contributed by atoms with Gasteiger partial charge in [0, 0.05) is 0 Å². The van der Waals surface area contributed by atoms with Gasteiger partial charge in [0.1, 0.15) is 0 Å². The van der Waals surface area contributed by atoms with Crippen molar-refractivity contribution in [2.45, 2.75) is 13.8 Å². The molecule has 0 aliphatic heterocycles. The van der Waals surface area contributed by atoms with Crippen LogP contribution in [0.2, 0.25) is 0 Å². The van der Waals surface area contributed by atoms with Crippen molar-refractivity contribution in [3.05, 3.63) is 108 Å². The molecule has 0 amide bonds. The standard InChI is InChI=1S/2C14H11.CH2.2ClH.Hf/c2*1-10-8-12-7-6-11-4-2-3-5-13(11)14(12)9-10;;;;/h2*2-9H,1H3;1H2;2*1H;/q2*-1;;;;+2/p-2. The third kappa shape index (κ3) is 5.29. The van der Waals surface area contributed by atoms with Crippen LogP contribution < -0.4 is 24.8 Å². The molecule has 0 N–H and O–H groups in total. The molecule has 0 radical (unpaired) electrons. The van der Waals surface area contributed by atoms with E-state index >= 15 is 0 Å². The Morgan fingerprint density at radius 3 is 1.28 bits per heavy atom. The maximum absolute atomic E-state index is 3.39. The third-order valence-electron chi connectivity index (χ3n) is 5.52. The zero-order valence-electron chi connectivity index (χ0n) is 18.2. The second kappa shape index (κ2) is 11.7. The molecule has 0 saturated heterocycles. The van der Waals surface area contributed by atoms with Crippen LogP contribution in [0.25, 0.3) is 43.1 Å². The summed E-state index contributed by atoms with van der Waals surface area (Å²) in [5.41, 5.74) is 2.69. The van der Waals surface area contributed by atoms with Gasteiger partial charge in [-0.2, -0.15) is 12.1 Å². The number of rotatable bonds is 0. The predicted octanol–water partition coefficient (Wildman–Crippen LogP) is 2.01. The Bertz CT molecular complexity index is 1340. The van der Waals surface area contributed by atoms with Gasteiger partial charge in [-0.3, -0.25) is 0 Å². The zero-order valence-corrected chi connectivity index (χ0v) is 23.3. The molecule has 160 valence electrons. The SMILES string of the molecule is Cc1cc2ccc3ccccc3c2[cH-]1.Cc1cc2ccc3ccccc3c2[cH-]1.[CH2]=[Hf+2].[Cl-].[Cl-]. The molecule has 0 nitrogen and oxygen atoms in total. The summed E-state index contributed by atoms with van der Waals surface area (Å²) >= 11 is 1.06. The molecule has 0 aliphatic carbocycles. The molecule has 0 atom stereocenters. The topological polar surface area (TPSA) is 0 Å². The van der Waals surface area contributed by atoms with Crippen molar-refractivity contribution in [2.24, 2.45) is 0 Å².